The zero-order valence-electron chi connectivity index (χ0n) is 9.90. The molecule has 2 fully saturated rings. The first kappa shape index (κ1) is 12.2. The Bertz CT molecular complexity index is 276. The quantitative estimate of drug-likeness (QED) is 0.689. The van der Waals surface area contributed by atoms with Crippen LogP contribution in [0.15, 0.2) is 0 Å². The van der Waals surface area contributed by atoms with Crippen molar-refractivity contribution >= 4 is 11.6 Å². The number of alkyl halides is 1. The van der Waals surface area contributed by atoms with Crippen molar-refractivity contribution in [2.75, 3.05) is 26.2 Å². The number of hydrogen-bond donors (Lipinski definition) is 0. The number of nitriles is 1. The van der Waals surface area contributed by atoms with E-state index in [-0.39, 0.29) is 5.38 Å². The molecule has 90 valence electrons. The molecule has 0 aromatic heterocycles. The van der Waals surface area contributed by atoms with Gasteiger partial charge in [0.25, 0.3) is 0 Å². The normalized spacial score (nSPS) is 34.1. The number of hydrogen-bond acceptors (Lipinski definition) is 3. The number of nitrogens with zero attached hydrogens (tertiary/aromatic N) is 3. The van der Waals surface area contributed by atoms with Gasteiger partial charge in [-0.3, -0.25) is 9.80 Å². The van der Waals surface area contributed by atoms with Gasteiger partial charge in [-0.15, -0.1) is 11.6 Å². The standard InChI is InChI=1S/C12H20ClN3/c1-10-7-15-5-3-2-4-12(15)9-16(10)8-11(13)6-14/h10-12H,2-5,7-9H2,1H3. The van der Waals surface area contributed by atoms with Gasteiger partial charge in [0.15, 0.2) is 0 Å². The zero-order chi connectivity index (χ0) is 11.5. The van der Waals surface area contributed by atoms with E-state index in [0.717, 1.165) is 13.1 Å². The first-order valence-electron chi connectivity index (χ1n) is 6.22. The van der Waals surface area contributed by atoms with E-state index in [9.17, 15) is 0 Å². The van der Waals surface area contributed by atoms with Gasteiger partial charge in [0.1, 0.15) is 5.38 Å². The summed E-state index contributed by atoms with van der Waals surface area (Å²) >= 11 is 5.92. The lowest BCUT2D eigenvalue weighted by atomic mass is 9.97. The highest BCUT2D eigenvalue weighted by Crippen LogP contribution is 2.24. The monoisotopic (exact) mass is 241 g/mol. The summed E-state index contributed by atoms with van der Waals surface area (Å²) in [6.07, 6.45) is 4.01. The van der Waals surface area contributed by atoms with Gasteiger partial charge in [-0.2, -0.15) is 5.26 Å². The first-order valence-corrected chi connectivity index (χ1v) is 6.66. The summed E-state index contributed by atoms with van der Waals surface area (Å²) in [5.41, 5.74) is 0. The SMILES string of the molecule is CC1CN2CCCCC2CN1CC(Cl)C#N. The summed E-state index contributed by atoms with van der Waals surface area (Å²) in [5.74, 6) is 0. The van der Waals surface area contributed by atoms with Gasteiger partial charge < -0.3 is 0 Å². The molecular weight excluding hydrogens is 222 g/mol. The number of fused-ring (bicyclic) bond motifs is 1. The second kappa shape index (κ2) is 5.35. The molecule has 2 heterocycles. The Morgan fingerprint density at radius 3 is 3.00 bits per heavy atom. The van der Waals surface area contributed by atoms with Gasteiger partial charge in [-0.25, -0.2) is 0 Å². The number of rotatable bonds is 2. The number of piperazine rings is 1. The van der Waals surface area contributed by atoms with Gasteiger partial charge in [0, 0.05) is 31.7 Å². The molecule has 0 bridgehead atoms. The van der Waals surface area contributed by atoms with E-state index in [1.165, 1.54) is 25.8 Å². The summed E-state index contributed by atoms with van der Waals surface area (Å²) < 4.78 is 0. The molecule has 2 saturated heterocycles. The van der Waals surface area contributed by atoms with E-state index >= 15 is 0 Å². The third-order valence-corrected chi connectivity index (χ3v) is 4.09. The van der Waals surface area contributed by atoms with Crippen LogP contribution in [-0.4, -0.2) is 53.4 Å². The van der Waals surface area contributed by atoms with Crippen molar-refractivity contribution in [3.8, 4) is 6.07 Å². The fourth-order valence-corrected chi connectivity index (χ4v) is 3.09. The van der Waals surface area contributed by atoms with Crippen molar-refractivity contribution < 1.29 is 0 Å². The Kier molecular flexibility index (Phi) is 4.07. The molecule has 16 heavy (non-hydrogen) atoms. The van der Waals surface area contributed by atoms with Crippen LogP contribution in [0, 0.1) is 11.3 Å². The minimum absolute atomic E-state index is 0.363. The Labute approximate surface area is 103 Å². The molecule has 0 N–H and O–H groups in total. The number of piperidine rings is 1. The van der Waals surface area contributed by atoms with E-state index in [2.05, 4.69) is 22.8 Å². The predicted octanol–water partition coefficient (Wildman–Crippen LogP) is 1.68. The molecule has 0 radical (unpaired) electrons. The number of halogens is 1. The van der Waals surface area contributed by atoms with Crippen LogP contribution >= 0.6 is 11.6 Å². The molecule has 3 unspecified atom stereocenters. The molecular formula is C12H20ClN3. The highest BCUT2D eigenvalue weighted by Gasteiger charge is 2.33. The minimum atomic E-state index is -0.363. The summed E-state index contributed by atoms with van der Waals surface area (Å²) in [7, 11) is 0. The van der Waals surface area contributed by atoms with Crippen molar-refractivity contribution in [2.45, 2.75) is 43.6 Å². The third kappa shape index (κ3) is 2.68. The fourth-order valence-electron chi connectivity index (χ4n) is 2.91. The highest BCUT2D eigenvalue weighted by atomic mass is 35.5. The van der Waals surface area contributed by atoms with E-state index in [1.54, 1.807) is 0 Å². The summed E-state index contributed by atoms with van der Waals surface area (Å²) in [5, 5.41) is 8.40. The average molecular weight is 242 g/mol. The van der Waals surface area contributed by atoms with E-state index in [0.29, 0.717) is 18.6 Å². The van der Waals surface area contributed by atoms with Gasteiger partial charge in [-0.05, 0) is 26.3 Å². The van der Waals surface area contributed by atoms with Crippen LogP contribution in [0.25, 0.3) is 0 Å². The maximum absolute atomic E-state index is 8.77. The molecule has 0 saturated carbocycles. The van der Waals surface area contributed by atoms with Crippen molar-refractivity contribution in [3.05, 3.63) is 0 Å². The van der Waals surface area contributed by atoms with Crippen molar-refractivity contribution in [1.29, 1.82) is 5.26 Å². The van der Waals surface area contributed by atoms with Crippen molar-refractivity contribution in [1.82, 2.24) is 9.80 Å². The molecule has 3 atom stereocenters. The minimum Gasteiger partial charge on any atom is -0.298 e. The van der Waals surface area contributed by atoms with Gasteiger partial charge in [0.05, 0.1) is 6.07 Å². The van der Waals surface area contributed by atoms with Gasteiger partial charge in [-0.1, -0.05) is 6.42 Å². The maximum Gasteiger partial charge on any atom is 0.133 e. The van der Waals surface area contributed by atoms with E-state index in [4.69, 9.17) is 16.9 Å². The Balaban J connectivity index is 1.93. The Hall–Kier alpha value is -0.300. The molecule has 4 heteroatoms. The lowest BCUT2D eigenvalue weighted by Gasteiger charge is -2.47. The fraction of sp³-hybridized carbons (Fsp3) is 0.917. The van der Waals surface area contributed by atoms with Crippen LogP contribution in [0.5, 0.6) is 0 Å². The predicted molar refractivity (Wildman–Crippen MR) is 65.5 cm³/mol. The maximum atomic E-state index is 8.77. The lowest BCUT2D eigenvalue weighted by Crippen LogP contribution is -2.59. The van der Waals surface area contributed by atoms with Crippen LogP contribution in [0.1, 0.15) is 26.2 Å². The van der Waals surface area contributed by atoms with Crippen LogP contribution in [0.4, 0.5) is 0 Å². The first-order chi connectivity index (χ1) is 7.70. The van der Waals surface area contributed by atoms with E-state index < -0.39 is 0 Å². The van der Waals surface area contributed by atoms with Crippen LogP contribution in [-0.2, 0) is 0 Å². The van der Waals surface area contributed by atoms with Crippen molar-refractivity contribution in [2.24, 2.45) is 0 Å². The largest absolute Gasteiger partial charge is 0.298 e. The second-order valence-corrected chi connectivity index (χ2v) is 5.57. The van der Waals surface area contributed by atoms with E-state index in [1.807, 2.05) is 0 Å². The Morgan fingerprint density at radius 1 is 1.44 bits per heavy atom. The molecule has 2 rings (SSSR count). The van der Waals surface area contributed by atoms with Gasteiger partial charge >= 0.3 is 0 Å². The van der Waals surface area contributed by atoms with Crippen LogP contribution in [0.3, 0.4) is 0 Å². The second-order valence-electron chi connectivity index (χ2n) is 5.04. The molecule has 3 nitrogen and oxygen atoms in total. The van der Waals surface area contributed by atoms with Gasteiger partial charge in [0.2, 0.25) is 0 Å². The molecule has 0 aliphatic carbocycles. The summed E-state index contributed by atoms with van der Waals surface area (Å²) in [6.45, 7) is 6.44. The van der Waals surface area contributed by atoms with Crippen LogP contribution in [0.2, 0.25) is 0 Å². The zero-order valence-corrected chi connectivity index (χ0v) is 10.7. The smallest absolute Gasteiger partial charge is 0.133 e. The summed E-state index contributed by atoms with van der Waals surface area (Å²) in [6, 6.07) is 3.35. The van der Waals surface area contributed by atoms with Crippen molar-refractivity contribution in [3.63, 3.8) is 0 Å². The Morgan fingerprint density at radius 2 is 2.25 bits per heavy atom. The third-order valence-electron chi connectivity index (χ3n) is 3.85. The molecule has 0 amide bonds. The van der Waals surface area contributed by atoms with Crippen LogP contribution < -0.4 is 0 Å². The summed E-state index contributed by atoms with van der Waals surface area (Å²) in [4.78, 5) is 4.99. The molecule has 0 aromatic carbocycles. The molecule has 0 spiro atoms. The topological polar surface area (TPSA) is 30.3 Å². The molecule has 0 aromatic rings. The lowest BCUT2D eigenvalue weighted by molar-refractivity contribution is 0.0169. The molecule has 2 aliphatic rings. The average Bonchev–Trinajstić information content (AvgIpc) is 2.30. The molecule has 2 aliphatic heterocycles. The highest BCUT2D eigenvalue weighted by molar-refractivity contribution is 6.22.